The van der Waals surface area contributed by atoms with Crippen LogP contribution in [0.15, 0.2) is 16.7 Å². The number of carbonyl (C=O) groups excluding carboxylic acids is 1. The number of rotatable bonds is 3. The molecule has 0 spiro atoms. The zero-order valence-corrected chi connectivity index (χ0v) is 12.0. The predicted octanol–water partition coefficient (Wildman–Crippen LogP) is 2.45. The van der Waals surface area contributed by atoms with Crippen LogP contribution in [0, 0.1) is 0 Å². The molecule has 1 aliphatic carbocycles. The van der Waals surface area contributed by atoms with Crippen LogP contribution in [-0.2, 0) is 4.74 Å². The minimum atomic E-state index is 0.100. The molecule has 1 saturated heterocycles. The number of hydrogen-bond donors (Lipinski definition) is 0. The fourth-order valence-corrected chi connectivity index (χ4v) is 2.88. The van der Waals surface area contributed by atoms with E-state index in [1.165, 1.54) is 12.8 Å². The van der Waals surface area contributed by atoms with E-state index in [4.69, 9.17) is 4.74 Å². The van der Waals surface area contributed by atoms with Crippen molar-refractivity contribution in [3.8, 4) is 0 Å². The Morgan fingerprint density at radius 2 is 2.28 bits per heavy atom. The summed E-state index contributed by atoms with van der Waals surface area (Å²) in [7, 11) is 1.87. The summed E-state index contributed by atoms with van der Waals surface area (Å²) in [5, 5.41) is 0. The monoisotopic (exact) mass is 312 g/mol. The molecule has 18 heavy (non-hydrogen) atoms. The minimum Gasteiger partial charge on any atom is -0.379 e. The van der Waals surface area contributed by atoms with E-state index in [2.05, 4.69) is 20.5 Å². The van der Waals surface area contributed by atoms with Crippen molar-refractivity contribution >= 4 is 21.8 Å². The molecule has 3 rings (SSSR count). The Morgan fingerprint density at radius 1 is 1.50 bits per heavy atom. The fraction of sp³-hybridized carbons (Fsp3) is 0.615. The van der Waals surface area contributed by atoms with Gasteiger partial charge in [0.1, 0.15) is 5.69 Å². The molecule has 1 amide bonds. The normalized spacial score (nSPS) is 23.3. The highest BCUT2D eigenvalue weighted by Gasteiger charge is 2.31. The average Bonchev–Trinajstić information content (AvgIpc) is 2.91. The van der Waals surface area contributed by atoms with E-state index in [0.29, 0.717) is 12.6 Å². The number of nitrogens with zero attached hydrogens (tertiary/aromatic N) is 2. The van der Waals surface area contributed by atoms with Crippen LogP contribution in [0.3, 0.4) is 0 Å². The van der Waals surface area contributed by atoms with Crippen LogP contribution in [0.2, 0.25) is 0 Å². The van der Waals surface area contributed by atoms with Crippen LogP contribution < -0.4 is 0 Å². The smallest absolute Gasteiger partial charge is 0.270 e. The van der Waals surface area contributed by atoms with Gasteiger partial charge in [-0.05, 0) is 41.3 Å². The van der Waals surface area contributed by atoms with Crippen molar-refractivity contribution in [2.45, 2.75) is 31.3 Å². The van der Waals surface area contributed by atoms with E-state index in [0.717, 1.165) is 23.2 Å². The topological polar surface area (TPSA) is 34.5 Å². The molecule has 0 N–H and O–H groups in total. The van der Waals surface area contributed by atoms with Gasteiger partial charge in [-0.2, -0.15) is 0 Å². The van der Waals surface area contributed by atoms with Gasteiger partial charge in [-0.1, -0.05) is 0 Å². The molecule has 1 aromatic rings. The molecular formula is C13H17BrN2O2. The summed E-state index contributed by atoms with van der Waals surface area (Å²) >= 11 is 3.46. The zero-order chi connectivity index (χ0) is 12.7. The molecule has 0 bridgehead atoms. The van der Waals surface area contributed by atoms with Crippen LogP contribution in [0.4, 0.5) is 0 Å². The second-order valence-electron chi connectivity index (χ2n) is 5.12. The second kappa shape index (κ2) is 4.70. The van der Waals surface area contributed by atoms with Gasteiger partial charge in [-0.15, -0.1) is 0 Å². The molecule has 1 aromatic heterocycles. The Hall–Kier alpha value is -0.810. The molecule has 1 aliphatic heterocycles. The largest absolute Gasteiger partial charge is 0.379 e. The van der Waals surface area contributed by atoms with Gasteiger partial charge in [-0.25, -0.2) is 0 Å². The quantitative estimate of drug-likeness (QED) is 0.859. The molecule has 1 saturated carbocycles. The highest BCUT2D eigenvalue weighted by atomic mass is 79.9. The highest BCUT2D eigenvalue weighted by molar-refractivity contribution is 9.10. The lowest BCUT2D eigenvalue weighted by molar-refractivity contribution is 0.0700. The van der Waals surface area contributed by atoms with Crippen LogP contribution >= 0.6 is 15.9 Å². The Balaban J connectivity index is 1.82. The Morgan fingerprint density at radius 3 is 2.89 bits per heavy atom. The molecule has 0 radical (unpaired) electrons. The highest BCUT2D eigenvalue weighted by Crippen LogP contribution is 2.37. The first kappa shape index (κ1) is 12.2. The Labute approximate surface area is 115 Å². The van der Waals surface area contributed by atoms with E-state index in [-0.39, 0.29) is 11.9 Å². The molecule has 2 heterocycles. The minimum absolute atomic E-state index is 0.100. The van der Waals surface area contributed by atoms with Crippen LogP contribution in [0.5, 0.6) is 0 Å². The standard InChI is InChI=1S/C13H17BrN2O2/c1-15(11-4-5-18-8-11)13(17)12-6-9(14)7-16(12)10-2-3-10/h6-7,10-11H,2-5,8H2,1H3. The van der Waals surface area contributed by atoms with Crippen molar-refractivity contribution in [1.29, 1.82) is 0 Å². The Kier molecular flexibility index (Phi) is 3.20. The molecule has 4 nitrogen and oxygen atoms in total. The maximum absolute atomic E-state index is 12.5. The van der Waals surface area contributed by atoms with Crippen LogP contribution in [0.25, 0.3) is 0 Å². The molecule has 2 fully saturated rings. The number of halogens is 1. The third kappa shape index (κ3) is 2.21. The van der Waals surface area contributed by atoms with Gasteiger partial charge >= 0.3 is 0 Å². The van der Waals surface area contributed by atoms with Gasteiger partial charge < -0.3 is 14.2 Å². The molecule has 2 aliphatic rings. The predicted molar refractivity (Wildman–Crippen MR) is 71.7 cm³/mol. The van der Waals surface area contributed by atoms with Crippen LogP contribution in [-0.4, -0.2) is 41.7 Å². The van der Waals surface area contributed by atoms with Gasteiger partial charge in [0.15, 0.2) is 0 Å². The summed E-state index contributed by atoms with van der Waals surface area (Å²) in [6, 6.07) is 2.66. The van der Waals surface area contributed by atoms with Gasteiger partial charge in [0.25, 0.3) is 5.91 Å². The van der Waals surface area contributed by atoms with Crippen molar-refractivity contribution < 1.29 is 9.53 Å². The molecule has 98 valence electrons. The SMILES string of the molecule is CN(C(=O)c1cc(Br)cn1C1CC1)C1CCOC1. The summed E-state index contributed by atoms with van der Waals surface area (Å²) in [5.41, 5.74) is 0.791. The number of hydrogen-bond acceptors (Lipinski definition) is 2. The summed E-state index contributed by atoms with van der Waals surface area (Å²) in [6.07, 6.45) is 5.31. The molecule has 5 heteroatoms. The summed E-state index contributed by atoms with van der Waals surface area (Å²) in [4.78, 5) is 14.4. The molecule has 0 aromatic carbocycles. The molecule has 1 unspecified atom stereocenters. The summed E-state index contributed by atoms with van der Waals surface area (Å²) < 4.78 is 8.44. The van der Waals surface area contributed by atoms with E-state index in [1.807, 2.05) is 24.2 Å². The van der Waals surface area contributed by atoms with Gasteiger partial charge in [0, 0.05) is 30.4 Å². The maximum Gasteiger partial charge on any atom is 0.270 e. The lowest BCUT2D eigenvalue weighted by Crippen LogP contribution is -2.38. The maximum atomic E-state index is 12.5. The van der Waals surface area contributed by atoms with E-state index in [9.17, 15) is 4.79 Å². The number of aromatic nitrogens is 1. The number of carbonyl (C=O) groups is 1. The first-order chi connectivity index (χ1) is 8.66. The van der Waals surface area contributed by atoms with Crippen molar-refractivity contribution in [1.82, 2.24) is 9.47 Å². The van der Waals surface area contributed by atoms with Crippen molar-refractivity contribution in [2.24, 2.45) is 0 Å². The van der Waals surface area contributed by atoms with Crippen molar-refractivity contribution in [3.63, 3.8) is 0 Å². The zero-order valence-electron chi connectivity index (χ0n) is 10.4. The molecular weight excluding hydrogens is 296 g/mol. The van der Waals surface area contributed by atoms with Crippen molar-refractivity contribution in [2.75, 3.05) is 20.3 Å². The van der Waals surface area contributed by atoms with E-state index >= 15 is 0 Å². The fourth-order valence-electron chi connectivity index (χ4n) is 2.45. The lowest BCUT2D eigenvalue weighted by atomic mass is 10.2. The number of ether oxygens (including phenoxy) is 1. The average molecular weight is 313 g/mol. The summed E-state index contributed by atoms with van der Waals surface area (Å²) in [5.74, 6) is 0.100. The third-order valence-electron chi connectivity index (χ3n) is 3.75. The Bertz CT molecular complexity index is 462. The lowest BCUT2D eigenvalue weighted by Gasteiger charge is -2.23. The first-order valence-electron chi connectivity index (χ1n) is 6.39. The second-order valence-corrected chi connectivity index (χ2v) is 6.03. The first-order valence-corrected chi connectivity index (χ1v) is 7.18. The molecule has 1 atom stereocenters. The van der Waals surface area contributed by atoms with Gasteiger partial charge in [-0.3, -0.25) is 4.79 Å². The van der Waals surface area contributed by atoms with Crippen LogP contribution in [0.1, 0.15) is 35.8 Å². The van der Waals surface area contributed by atoms with Gasteiger partial charge in [0.05, 0.1) is 12.6 Å². The summed E-state index contributed by atoms with van der Waals surface area (Å²) in [6.45, 7) is 1.42. The number of amides is 1. The van der Waals surface area contributed by atoms with Crippen molar-refractivity contribution in [3.05, 3.63) is 22.4 Å². The third-order valence-corrected chi connectivity index (χ3v) is 4.18. The van der Waals surface area contributed by atoms with E-state index in [1.54, 1.807) is 0 Å². The van der Waals surface area contributed by atoms with E-state index < -0.39 is 0 Å². The number of likely N-dealkylation sites (N-methyl/N-ethyl adjacent to an activating group) is 1. The van der Waals surface area contributed by atoms with Gasteiger partial charge in [0.2, 0.25) is 0 Å².